The fourth-order valence-electron chi connectivity index (χ4n) is 6.08. The third-order valence-corrected chi connectivity index (χ3v) is 9.21. The summed E-state index contributed by atoms with van der Waals surface area (Å²) in [5.74, 6) is -1.43. The molecule has 2 aliphatic rings. The molecule has 4 unspecified atom stereocenters. The Balaban J connectivity index is 2.34. The van der Waals surface area contributed by atoms with Gasteiger partial charge in [0.05, 0.1) is 18.1 Å². The molecule has 1 fully saturated rings. The van der Waals surface area contributed by atoms with Crippen LogP contribution in [0.15, 0.2) is 59.8 Å². The molecule has 3 N–H and O–H groups in total. The number of hydrogen-bond acceptors (Lipinski definition) is 9. The molecule has 0 spiro atoms. The molecule has 2 aliphatic heterocycles. The van der Waals surface area contributed by atoms with Crippen molar-refractivity contribution in [2.45, 2.75) is 111 Å². The van der Waals surface area contributed by atoms with E-state index in [1.54, 1.807) is 19.3 Å². The highest BCUT2D eigenvalue weighted by molar-refractivity contribution is 5.72. The van der Waals surface area contributed by atoms with Gasteiger partial charge < -0.3 is 34.5 Å². The molecule has 0 aromatic heterocycles. The topological polar surface area (TPSA) is 144 Å². The number of amides is 1. The Morgan fingerprint density at radius 2 is 1.83 bits per heavy atom. The van der Waals surface area contributed by atoms with Crippen molar-refractivity contribution in [2.75, 3.05) is 13.9 Å². The number of nitrogens with two attached hydrogens (primary N) is 1. The van der Waals surface area contributed by atoms with Crippen LogP contribution in [0.3, 0.4) is 0 Å². The molecular weight excluding hydrogens is 590 g/mol. The van der Waals surface area contributed by atoms with Crippen LogP contribution in [0.2, 0.25) is 0 Å². The number of hydrogen-bond donors (Lipinski definition) is 2. The van der Waals surface area contributed by atoms with E-state index >= 15 is 0 Å². The molecule has 0 aliphatic carbocycles. The van der Waals surface area contributed by atoms with E-state index in [4.69, 9.17) is 29.4 Å². The number of rotatable bonds is 9. The van der Waals surface area contributed by atoms with Crippen molar-refractivity contribution < 1.29 is 43.2 Å². The summed E-state index contributed by atoms with van der Waals surface area (Å²) in [5, 5.41) is 11.2. The molecule has 10 nitrogen and oxygen atoms in total. The van der Waals surface area contributed by atoms with Gasteiger partial charge in [-0.05, 0) is 44.8 Å². The van der Waals surface area contributed by atoms with Crippen LogP contribution in [0.4, 0.5) is 4.79 Å². The zero-order valence-electron chi connectivity index (χ0n) is 28.8. The molecule has 258 valence electrons. The van der Waals surface area contributed by atoms with Gasteiger partial charge in [-0.15, -0.1) is 0 Å². The molecule has 9 atom stereocenters. The Labute approximate surface area is 274 Å². The number of ether oxygens (including phenoxy) is 5. The minimum atomic E-state index is -1.18. The monoisotopic (exact) mass is 645 g/mol. The Hall–Kier alpha value is -3.21. The van der Waals surface area contributed by atoms with Crippen molar-refractivity contribution in [3.63, 3.8) is 0 Å². The Morgan fingerprint density at radius 1 is 1.13 bits per heavy atom. The van der Waals surface area contributed by atoms with Crippen LogP contribution >= 0.6 is 0 Å². The zero-order valence-corrected chi connectivity index (χ0v) is 28.8. The molecule has 1 amide bonds. The third kappa shape index (κ3) is 11.5. The van der Waals surface area contributed by atoms with Gasteiger partial charge in [-0.2, -0.15) is 0 Å². The largest absolute Gasteiger partial charge is 0.462 e. The van der Waals surface area contributed by atoms with E-state index in [1.807, 2.05) is 84.9 Å². The number of allylic oxidation sites excluding steroid dienone is 5. The molecule has 2 rings (SSSR count). The second-order valence-electron chi connectivity index (χ2n) is 12.7. The summed E-state index contributed by atoms with van der Waals surface area (Å²) in [5.41, 5.74) is 6.08. The van der Waals surface area contributed by atoms with E-state index in [2.05, 4.69) is 0 Å². The molecule has 46 heavy (non-hydrogen) atoms. The number of carbonyl (C=O) groups excluding carboxylic acids is 3. The van der Waals surface area contributed by atoms with Gasteiger partial charge in [-0.3, -0.25) is 9.59 Å². The lowest BCUT2D eigenvalue weighted by atomic mass is 9.77. The smallest absolute Gasteiger partial charge is 0.405 e. The molecule has 10 heteroatoms. The van der Waals surface area contributed by atoms with Crippen LogP contribution in [0.5, 0.6) is 0 Å². The van der Waals surface area contributed by atoms with Crippen LogP contribution in [0, 0.1) is 23.7 Å². The average Bonchev–Trinajstić information content (AvgIpc) is 3.00. The van der Waals surface area contributed by atoms with E-state index in [0.717, 1.165) is 11.1 Å². The Morgan fingerprint density at radius 3 is 2.48 bits per heavy atom. The van der Waals surface area contributed by atoms with E-state index in [9.17, 15) is 19.5 Å². The number of primary amides is 1. The molecule has 0 aromatic carbocycles. The van der Waals surface area contributed by atoms with Gasteiger partial charge in [-0.1, -0.05) is 82.7 Å². The standard InChI is InChI=1S/C36H55NO9/c1-9-29-28(7)36(41,21-32(39)44-29)20-13-12-16-25(4)33-24(3)15-10-11-18-30(45-35(37)40)27(6)34(43-22-42-8)26(5)23(2)17-14-19-31(38)46-33/h10-13,15-18,24,26-30,33-34,41H,9,14,19-22H2,1-8H3,(H2,37,40)/b13-12+,15-10-,18-11-,23-17+,25-16+/t24-,26?,27?,28?,29-,30?,33-,34-,36-/m0/s1. The van der Waals surface area contributed by atoms with Crippen molar-refractivity contribution in [3.05, 3.63) is 59.8 Å². The van der Waals surface area contributed by atoms with E-state index in [0.29, 0.717) is 19.3 Å². The molecule has 0 radical (unpaired) electrons. The van der Waals surface area contributed by atoms with Gasteiger partial charge in [0.1, 0.15) is 25.1 Å². The number of cyclic esters (lactones) is 2. The zero-order chi connectivity index (χ0) is 34.4. The summed E-state index contributed by atoms with van der Waals surface area (Å²) in [6, 6.07) is 0. The first-order valence-electron chi connectivity index (χ1n) is 16.3. The van der Waals surface area contributed by atoms with Crippen LogP contribution in [0.1, 0.15) is 80.6 Å². The van der Waals surface area contributed by atoms with Gasteiger partial charge in [0.25, 0.3) is 0 Å². The molecule has 0 bridgehead atoms. The summed E-state index contributed by atoms with van der Waals surface area (Å²) in [4.78, 5) is 36.9. The summed E-state index contributed by atoms with van der Waals surface area (Å²) in [7, 11) is 1.55. The molecule has 0 aromatic rings. The lowest BCUT2D eigenvalue weighted by Crippen LogP contribution is -2.50. The van der Waals surface area contributed by atoms with Crippen molar-refractivity contribution in [3.8, 4) is 0 Å². The maximum atomic E-state index is 13.0. The highest BCUT2D eigenvalue weighted by atomic mass is 16.7. The maximum absolute atomic E-state index is 13.0. The van der Waals surface area contributed by atoms with E-state index in [1.165, 1.54) is 0 Å². The number of esters is 2. The van der Waals surface area contributed by atoms with Gasteiger partial charge >= 0.3 is 18.0 Å². The maximum Gasteiger partial charge on any atom is 0.405 e. The predicted octanol–water partition coefficient (Wildman–Crippen LogP) is 6.10. The van der Waals surface area contributed by atoms with Crippen LogP contribution in [-0.2, 0) is 33.3 Å². The first-order valence-corrected chi connectivity index (χ1v) is 16.3. The molecule has 1 saturated heterocycles. The van der Waals surface area contributed by atoms with Crippen molar-refractivity contribution in [2.24, 2.45) is 29.4 Å². The minimum Gasteiger partial charge on any atom is -0.462 e. The van der Waals surface area contributed by atoms with Crippen LogP contribution in [0.25, 0.3) is 0 Å². The Bertz CT molecular complexity index is 1170. The number of carbonyl (C=O) groups is 3. The lowest BCUT2D eigenvalue weighted by Gasteiger charge is -2.41. The van der Waals surface area contributed by atoms with Crippen LogP contribution < -0.4 is 5.73 Å². The van der Waals surface area contributed by atoms with Gasteiger partial charge in [-0.25, -0.2) is 4.79 Å². The highest BCUT2D eigenvalue weighted by Crippen LogP contribution is 2.36. The first-order chi connectivity index (χ1) is 21.7. The quantitative estimate of drug-likeness (QED) is 0.1000. The fraction of sp³-hybridized carbons (Fsp3) is 0.639. The number of aliphatic hydroxyl groups is 1. The molecule has 2 heterocycles. The second-order valence-corrected chi connectivity index (χ2v) is 12.7. The van der Waals surface area contributed by atoms with Crippen molar-refractivity contribution in [1.29, 1.82) is 0 Å². The van der Waals surface area contributed by atoms with E-state index in [-0.39, 0.29) is 67.5 Å². The summed E-state index contributed by atoms with van der Waals surface area (Å²) >= 11 is 0. The summed E-state index contributed by atoms with van der Waals surface area (Å²) < 4.78 is 28.1. The average molecular weight is 646 g/mol. The van der Waals surface area contributed by atoms with Gasteiger partial charge in [0, 0.05) is 37.2 Å². The number of methoxy groups -OCH3 is 1. The highest BCUT2D eigenvalue weighted by Gasteiger charge is 2.45. The minimum absolute atomic E-state index is 0.0507. The first kappa shape index (κ1) is 39.0. The Kier molecular flexibility index (Phi) is 15.9. The molecule has 0 saturated carbocycles. The van der Waals surface area contributed by atoms with E-state index < -0.39 is 23.9 Å². The normalized spacial score (nSPS) is 36.3. The van der Waals surface area contributed by atoms with Gasteiger partial charge in [0.2, 0.25) is 0 Å². The molecular formula is C36H55NO9. The predicted molar refractivity (Wildman–Crippen MR) is 176 cm³/mol. The third-order valence-electron chi connectivity index (χ3n) is 9.21. The lowest BCUT2D eigenvalue weighted by molar-refractivity contribution is -0.182. The van der Waals surface area contributed by atoms with Crippen molar-refractivity contribution >= 4 is 18.0 Å². The van der Waals surface area contributed by atoms with Gasteiger partial charge in [0.15, 0.2) is 0 Å². The van der Waals surface area contributed by atoms with Crippen LogP contribution in [-0.4, -0.2) is 67.1 Å². The second kappa shape index (κ2) is 18.8. The van der Waals surface area contributed by atoms with Crippen molar-refractivity contribution in [1.82, 2.24) is 0 Å². The SMILES string of the molecule is CC[C@@H]1OC(=O)C[C@@](O)(C/C=C/C=C(\C)[C@H]2OC(=O)CC/C=C(\C)C(C)[C@H](OCOC)C(C)C(OC(N)=O)/C=C\C=C/[C@@H]2C)C1C. The fourth-order valence-corrected chi connectivity index (χ4v) is 6.08. The summed E-state index contributed by atoms with van der Waals surface area (Å²) in [6.45, 7) is 13.7. The summed E-state index contributed by atoms with van der Waals surface area (Å²) in [6.07, 6.45) is 13.7.